The summed E-state index contributed by atoms with van der Waals surface area (Å²) >= 11 is 0. The number of phosphoric ester groups is 2. The molecule has 0 spiro atoms. The van der Waals surface area contributed by atoms with Gasteiger partial charge in [0.1, 0.15) is 19.3 Å². The number of aliphatic hydroxyl groups is 1. The van der Waals surface area contributed by atoms with E-state index in [0.29, 0.717) is 25.7 Å². The monoisotopic (exact) mass is 1240 g/mol. The van der Waals surface area contributed by atoms with Crippen LogP contribution in [0.25, 0.3) is 0 Å². The second-order valence-electron chi connectivity index (χ2n) is 23.8. The molecule has 84 heavy (non-hydrogen) atoms. The van der Waals surface area contributed by atoms with Gasteiger partial charge < -0.3 is 33.8 Å². The topological polar surface area (TPSA) is 237 Å². The van der Waals surface area contributed by atoms with Crippen LogP contribution < -0.4 is 0 Å². The fourth-order valence-electron chi connectivity index (χ4n) is 9.17. The highest BCUT2D eigenvalue weighted by molar-refractivity contribution is 7.47. The Morgan fingerprint density at radius 3 is 0.976 bits per heavy atom. The predicted octanol–water partition coefficient (Wildman–Crippen LogP) is 17.6. The van der Waals surface area contributed by atoms with E-state index in [1.807, 2.05) is 0 Å². The average molecular weight is 1240 g/mol. The minimum atomic E-state index is -4.95. The van der Waals surface area contributed by atoms with Crippen molar-refractivity contribution in [2.45, 2.75) is 317 Å². The first kappa shape index (κ1) is 81.5. The van der Waals surface area contributed by atoms with Gasteiger partial charge in [-0.3, -0.25) is 37.3 Å². The molecule has 0 bridgehead atoms. The van der Waals surface area contributed by atoms with Crippen molar-refractivity contribution in [1.29, 1.82) is 0 Å². The molecule has 0 amide bonds. The van der Waals surface area contributed by atoms with Crippen LogP contribution in [0.2, 0.25) is 0 Å². The van der Waals surface area contributed by atoms with Gasteiger partial charge in [0.25, 0.3) is 0 Å². The number of hydrogen-bond donors (Lipinski definition) is 3. The van der Waals surface area contributed by atoms with Crippen molar-refractivity contribution in [1.82, 2.24) is 0 Å². The van der Waals surface area contributed by atoms with E-state index in [2.05, 4.69) is 65.8 Å². The van der Waals surface area contributed by atoms with Gasteiger partial charge in [-0.05, 0) is 63.2 Å². The number of unbranched alkanes of at least 4 members (excludes halogenated alkanes) is 29. The number of aliphatic hydroxyl groups excluding tert-OH is 1. The summed E-state index contributed by atoms with van der Waals surface area (Å²) in [5.74, 6) is -0.698. The molecule has 494 valence electrons. The molecule has 17 nitrogen and oxygen atoms in total. The molecule has 0 heterocycles. The van der Waals surface area contributed by atoms with Gasteiger partial charge in [0.15, 0.2) is 12.2 Å². The molecule has 0 aromatic rings. The number of esters is 4. The molecule has 3 N–H and O–H groups in total. The Balaban J connectivity index is 5.22. The molecule has 5 atom stereocenters. The van der Waals surface area contributed by atoms with Crippen molar-refractivity contribution in [2.24, 2.45) is 11.8 Å². The molecule has 0 saturated heterocycles. The van der Waals surface area contributed by atoms with E-state index in [4.69, 9.17) is 37.0 Å². The molecule has 0 radical (unpaired) electrons. The summed E-state index contributed by atoms with van der Waals surface area (Å²) in [7, 11) is -9.89. The summed E-state index contributed by atoms with van der Waals surface area (Å²) in [5, 5.41) is 10.5. The Morgan fingerprint density at radius 2 is 0.643 bits per heavy atom. The quantitative estimate of drug-likeness (QED) is 0.0169. The Bertz CT molecular complexity index is 1740. The largest absolute Gasteiger partial charge is 0.472 e. The predicted molar refractivity (Wildman–Crippen MR) is 335 cm³/mol. The van der Waals surface area contributed by atoms with Crippen LogP contribution in [-0.2, 0) is 65.4 Å². The van der Waals surface area contributed by atoms with E-state index in [0.717, 1.165) is 121 Å². The Hall–Kier alpha value is -2.46. The molecular weight excluding hydrogens is 1110 g/mol. The minimum Gasteiger partial charge on any atom is -0.462 e. The van der Waals surface area contributed by atoms with Crippen molar-refractivity contribution >= 4 is 39.5 Å². The number of rotatable bonds is 62. The van der Waals surface area contributed by atoms with Gasteiger partial charge in [-0.2, -0.15) is 0 Å². The van der Waals surface area contributed by atoms with Crippen LogP contribution in [0, 0.1) is 11.8 Å². The smallest absolute Gasteiger partial charge is 0.462 e. The Morgan fingerprint density at radius 1 is 0.369 bits per heavy atom. The number of carbonyl (C=O) groups excluding carboxylic acids is 4. The van der Waals surface area contributed by atoms with Gasteiger partial charge >= 0.3 is 39.5 Å². The lowest BCUT2D eigenvalue weighted by atomic mass is 10.0. The van der Waals surface area contributed by atoms with Gasteiger partial charge in [0.2, 0.25) is 0 Å². The van der Waals surface area contributed by atoms with Crippen molar-refractivity contribution in [3.8, 4) is 0 Å². The molecule has 0 aliphatic carbocycles. The maximum Gasteiger partial charge on any atom is 0.472 e. The molecule has 0 aromatic heterocycles. The maximum absolute atomic E-state index is 13.0. The van der Waals surface area contributed by atoms with E-state index in [9.17, 15) is 43.2 Å². The molecule has 0 aliphatic heterocycles. The second kappa shape index (κ2) is 57.0. The highest BCUT2D eigenvalue weighted by Crippen LogP contribution is 2.45. The molecule has 0 aliphatic rings. The lowest BCUT2D eigenvalue weighted by Gasteiger charge is -2.21. The van der Waals surface area contributed by atoms with Crippen molar-refractivity contribution in [3.05, 3.63) is 24.3 Å². The highest BCUT2D eigenvalue weighted by Gasteiger charge is 2.30. The summed E-state index contributed by atoms with van der Waals surface area (Å²) < 4.78 is 67.8. The third-order valence-electron chi connectivity index (χ3n) is 14.3. The van der Waals surface area contributed by atoms with Gasteiger partial charge in [-0.15, -0.1) is 0 Å². The fourth-order valence-corrected chi connectivity index (χ4v) is 10.7. The van der Waals surface area contributed by atoms with Gasteiger partial charge in [0.05, 0.1) is 26.4 Å². The van der Waals surface area contributed by atoms with E-state index < -0.39 is 97.5 Å². The number of phosphoric acid groups is 2. The third-order valence-corrected chi connectivity index (χ3v) is 16.2. The first-order valence-corrected chi connectivity index (χ1v) is 36.3. The van der Waals surface area contributed by atoms with Crippen LogP contribution in [0.3, 0.4) is 0 Å². The Labute approximate surface area is 510 Å². The van der Waals surface area contributed by atoms with Gasteiger partial charge in [-0.1, -0.05) is 246 Å². The van der Waals surface area contributed by atoms with Crippen molar-refractivity contribution in [3.63, 3.8) is 0 Å². The Kier molecular flexibility index (Phi) is 55.3. The summed E-state index contributed by atoms with van der Waals surface area (Å²) in [6.45, 7) is 9.30. The lowest BCUT2D eigenvalue weighted by Crippen LogP contribution is -2.30. The van der Waals surface area contributed by atoms with Crippen molar-refractivity contribution < 1.29 is 80.2 Å². The molecule has 19 heteroatoms. The van der Waals surface area contributed by atoms with Gasteiger partial charge in [0, 0.05) is 25.7 Å². The number of carbonyl (C=O) groups is 4. The summed E-state index contributed by atoms with van der Waals surface area (Å²) in [5.41, 5.74) is 0. The summed E-state index contributed by atoms with van der Waals surface area (Å²) in [4.78, 5) is 72.0. The zero-order chi connectivity index (χ0) is 62.2. The highest BCUT2D eigenvalue weighted by atomic mass is 31.2. The van der Waals surface area contributed by atoms with Crippen LogP contribution in [0.1, 0.15) is 298 Å². The SMILES string of the molecule is CCCCCC/C=C\C=C/CCCCCCCC(=O)O[C@H](COC(=O)CCCCCCCCCCCC(C)C)COP(=O)(O)OC[C@@H](O)COP(=O)(O)OC[C@@H](COC(=O)CCCCCCC)OC(=O)CCCCCCCCCCCC(C)C. The summed E-state index contributed by atoms with van der Waals surface area (Å²) in [6.07, 6.45) is 42.9. The molecular formula is C65H122O17P2. The molecule has 0 rings (SSSR count). The molecule has 0 saturated carbocycles. The van der Waals surface area contributed by atoms with Crippen LogP contribution in [0.4, 0.5) is 0 Å². The van der Waals surface area contributed by atoms with Crippen LogP contribution in [-0.4, -0.2) is 96.7 Å². The fraction of sp³-hybridized carbons (Fsp3) is 0.877. The minimum absolute atomic E-state index is 0.0842. The molecule has 0 fully saturated rings. The van der Waals surface area contributed by atoms with Gasteiger partial charge in [-0.25, -0.2) is 9.13 Å². The van der Waals surface area contributed by atoms with Crippen LogP contribution in [0.5, 0.6) is 0 Å². The van der Waals surface area contributed by atoms with Crippen LogP contribution >= 0.6 is 15.6 Å². The van der Waals surface area contributed by atoms with E-state index in [-0.39, 0.29) is 25.7 Å². The summed E-state index contributed by atoms with van der Waals surface area (Å²) in [6, 6.07) is 0. The lowest BCUT2D eigenvalue weighted by molar-refractivity contribution is -0.161. The van der Waals surface area contributed by atoms with E-state index in [1.54, 1.807) is 0 Å². The third kappa shape index (κ3) is 58.6. The maximum atomic E-state index is 13.0. The molecule has 0 aromatic carbocycles. The zero-order valence-corrected chi connectivity index (χ0v) is 55.5. The number of ether oxygens (including phenoxy) is 4. The van der Waals surface area contributed by atoms with Crippen molar-refractivity contribution in [2.75, 3.05) is 39.6 Å². The second-order valence-corrected chi connectivity index (χ2v) is 26.7. The first-order chi connectivity index (χ1) is 40.4. The average Bonchev–Trinajstić information content (AvgIpc) is 3.55. The van der Waals surface area contributed by atoms with E-state index in [1.165, 1.54) is 96.3 Å². The first-order valence-electron chi connectivity index (χ1n) is 33.3. The normalized spacial score (nSPS) is 14.5. The van der Waals surface area contributed by atoms with E-state index >= 15 is 0 Å². The number of allylic oxidation sites excluding steroid dienone is 4. The molecule has 2 unspecified atom stereocenters. The zero-order valence-electron chi connectivity index (χ0n) is 53.7. The standard InChI is InChI=1S/C65H122O17P2/c1-7-9-11-13-14-15-16-17-18-19-20-25-31-37-43-49-64(69)82-61(54-76-63(68)48-42-36-30-26-21-23-28-34-39-45-57(3)4)56-80-84(73,74)78-52-59(66)51-77-83(71,72)79-55-60(53-75-62(67)47-41-33-12-10-8-2)81-65(70)50-44-38-32-27-22-24-29-35-40-46-58(5)6/h15-18,57-61,66H,7-14,19-56H2,1-6H3,(H,71,72)(H,73,74)/b16-15-,18-17-/t59-,60+,61+/m0/s1. The number of hydrogen-bond acceptors (Lipinski definition) is 15. The van der Waals surface area contributed by atoms with Crippen LogP contribution in [0.15, 0.2) is 24.3 Å².